The van der Waals surface area contributed by atoms with Crippen molar-refractivity contribution in [2.75, 3.05) is 11.3 Å². The van der Waals surface area contributed by atoms with Gasteiger partial charge >= 0.3 is 0 Å². The van der Waals surface area contributed by atoms with E-state index >= 15 is 0 Å². The number of ketones is 1. The lowest BCUT2D eigenvalue weighted by molar-refractivity contribution is -0.125. The molecule has 2 fully saturated rings. The van der Waals surface area contributed by atoms with Crippen molar-refractivity contribution in [1.82, 2.24) is 9.88 Å². The van der Waals surface area contributed by atoms with Gasteiger partial charge in [-0.15, -0.1) is 22.9 Å². The maximum atomic E-state index is 13.8. The fraction of sp³-hybridized carbons (Fsp3) is 0.440. The molecule has 10 heteroatoms. The van der Waals surface area contributed by atoms with E-state index in [1.54, 1.807) is 49.6 Å². The number of thiazole rings is 1. The van der Waals surface area contributed by atoms with Crippen LogP contribution in [0.25, 0.3) is 0 Å². The first-order chi connectivity index (χ1) is 16.6. The molecule has 188 valence electrons. The summed E-state index contributed by atoms with van der Waals surface area (Å²) in [5.41, 5.74) is 2.69. The highest BCUT2D eigenvalue weighted by atomic mass is 35.5. The highest BCUT2D eigenvalue weighted by Crippen LogP contribution is 2.36. The van der Waals surface area contributed by atoms with Crippen LogP contribution in [0, 0.1) is 6.92 Å². The third-order valence-corrected chi connectivity index (χ3v) is 9.07. The van der Waals surface area contributed by atoms with E-state index in [-0.39, 0.29) is 28.5 Å². The number of nitrogens with zero attached hydrogens (tertiary/aromatic N) is 2. The van der Waals surface area contributed by atoms with E-state index in [1.807, 2.05) is 0 Å². The number of aromatic nitrogens is 1. The summed E-state index contributed by atoms with van der Waals surface area (Å²) >= 11 is 7.03. The molecule has 0 spiro atoms. The van der Waals surface area contributed by atoms with Gasteiger partial charge in [0.05, 0.1) is 22.0 Å². The number of allylic oxidation sites excluding steroid dienone is 4. The smallest absolute Gasteiger partial charge is 0.263 e. The normalized spacial score (nSPS) is 23.7. The largest absolute Gasteiger partial charge is 0.365 e. The van der Waals surface area contributed by atoms with Gasteiger partial charge < -0.3 is 4.90 Å². The summed E-state index contributed by atoms with van der Waals surface area (Å²) in [6.45, 7) is 4.18. The molecule has 2 aromatic rings. The zero-order valence-electron chi connectivity index (χ0n) is 19.7. The number of carbonyl (C=O) groups excluding carboxylic acids is 1. The molecule has 2 heterocycles. The van der Waals surface area contributed by atoms with Crippen LogP contribution in [-0.2, 0) is 14.8 Å². The minimum absolute atomic E-state index is 0.0505. The molecular weight excluding hydrogens is 509 g/mol. The van der Waals surface area contributed by atoms with Crippen LogP contribution in [-0.4, -0.2) is 42.0 Å². The third kappa shape index (κ3) is 6.13. The molecule has 0 radical (unpaired) electrons. The molecule has 3 atom stereocenters. The highest BCUT2D eigenvalue weighted by Gasteiger charge is 2.35. The number of anilines is 1. The second-order valence-electron chi connectivity index (χ2n) is 9.05. The van der Waals surface area contributed by atoms with Gasteiger partial charge in [-0.05, 0) is 75.3 Å². The Kier molecular flexibility index (Phi) is 7.98. The number of nitrogens with one attached hydrogen (secondary N) is 1. The summed E-state index contributed by atoms with van der Waals surface area (Å²) in [6.07, 6.45) is 6.85. The Morgan fingerprint density at radius 3 is 2.69 bits per heavy atom. The number of rotatable bonds is 7. The fourth-order valence-corrected chi connectivity index (χ4v) is 6.68. The molecule has 1 saturated carbocycles. The molecular formula is C25H29ClFN3O3S2. The Labute approximate surface area is 214 Å². The van der Waals surface area contributed by atoms with E-state index in [0.29, 0.717) is 18.0 Å². The van der Waals surface area contributed by atoms with Gasteiger partial charge in [-0.3, -0.25) is 9.52 Å². The number of aryl methyl sites for hydroxylation is 1. The second kappa shape index (κ2) is 10.8. The Bertz CT molecular complexity index is 1240. The quantitative estimate of drug-likeness (QED) is 0.444. The average Bonchev–Trinajstić information content (AvgIpc) is 3.45. The van der Waals surface area contributed by atoms with E-state index in [2.05, 4.69) is 14.6 Å². The van der Waals surface area contributed by atoms with E-state index in [1.165, 1.54) is 17.4 Å². The van der Waals surface area contributed by atoms with Crippen molar-refractivity contribution in [1.29, 1.82) is 0 Å². The molecule has 1 N–H and O–H groups in total. The maximum absolute atomic E-state index is 13.8. The first-order valence-electron chi connectivity index (χ1n) is 11.7. The third-order valence-electron chi connectivity index (χ3n) is 6.50. The van der Waals surface area contributed by atoms with Gasteiger partial charge in [0.2, 0.25) is 0 Å². The van der Waals surface area contributed by atoms with Crippen LogP contribution >= 0.6 is 22.9 Å². The first-order valence-corrected chi connectivity index (χ1v) is 14.5. The predicted octanol–water partition coefficient (Wildman–Crippen LogP) is 5.92. The van der Waals surface area contributed by atoms with Crippen LogP contribution < -0.4 is 4.72 Å². The number of sulfonamides is 1. The van der Waals surface area contributed by atoms with Crippen molar-refractivity contribution >= 4 is 43.9 Å². The van der Waals surface area contributed by atoms with Crippen molar-refractivity contribution in [2.45, 2.75) is 68.2 Å². The summed E-state index contributed by atoms with van der Waals surface area (Å²) in [7, 11) is -3.72. The van der Waals surface area contributed by atoms with Crippen LogP contribution in [0.3, 0.4) is 0 Å². The molecule has 1 aromatic heterocycles. The number of benzene rings is 1. The van der Waals surface area contributed by atoms with Crippen LogP contribution in [0.15, 0.2) is 58.2 Å². The lowest BCUT2D eigenvalue weighted by Crippen LogP contribution is -2.41. The Balaban J connectivity index is 1.41. The highest BCUT2D eigenvalue weighted by molar-refractivity contribution is 7.93. The number of Topliss-reactive ketones (excluding diaryl/α,β-unsaturated/α-hetero) is 1. The number of carbonyl (C=O) groups is 1. The Morgan fingerprint density at radius 2 is 2.06 bits per heavy atom. The van der Waals surface area contributed by atoms with Crippen molar-refractivity contribution in [3.05, 3.63) is 64.6 Å². The number of halogens is 2. The Hall–Kier alpha value is -2.23. The predicted molar refractivity (Wildman–Crippen MR) is 138 cm³/mol. The van der Waals surface area contributed by atoms with Gasteiger partial charge in [0.25, 0.3) is 10.0 Å². The number of hydrogen-bond acceptors (Lipinski definition) is 6. The van der Waals surface area contributed by atoms with Gasteiger partial charge in [0.1, 0.15) is 5.83 Å². The number of alkyl halides is 1. The monoisotopic (exact) mass is 537 g/mol. The molecule has 0 bridgehead atoms. The topological polar surface area (TPSA) is 79.4 Å². The molecule has 2 aliphatic rings. The number of hydrogen-bond donors (Lipinski definition) is 1. The van der Waals surface area contributed by atoms with Crippen molar-refractivity contribution in [3.63, 3.8) is 0 Å². The average molecular weight is 538 g/mol. The Morgan fingerprint density at radius 1 is 1.31 bits per heavy atom. The van der Waals surface area contributed by atoms with Crippen molar-refractivity contribution in [2.24, 2.45) is 0 Å². The SMILES string of the molecule is Cc1csc(NS(=O)(=O)c2ccc(C3CC[C@H](N4CCC/C4=C\C=C(\F)C(C)Cl)C(=O)C3)cc2)n1. The summed E-state index contributed by atoms with van der Waals surface area (Å²) in [5.74, 6) is -0.167. The minimum Gasteiger partial charge on any atom is -0.365 e. The molecule has 4 rings (SSSR count). The maximum Gasteiger partial charge on any atom is 0.263 e. The van der Waals surface area contributed by atoms with E-state index in [0.717, 1.165) is 42.8 Å². The van der Waals surface area contributed by atoms with Gasteiger partial charge in [-0.25, -0.2) is 17.8 Å². The molecule has 1 aromatic carbocycles. The van der Waals surface area contributed by atoms with Gasteiger partial charge in [0, 0.05) is 24.0 Å². The van der Waals surface area contributed by atoms with Gasteiger partial charge in [-0.1, -0.05) is 12.1 Å². The van der Waals surface area contributed by atoms with Crippen LogP contribution in [0.2, 0.25) is 0 Å². The van der Waals surface area contributed by atoms with Gasteiger partial charge in [-0.2, -0.15) is 0 Å². The van der Waals surface area contributed by atoms with Crippen molar-refractivity contribution in [3.8, 4) is 0 Å². The molecule has 1 aliphatic carbocycles. The summed E-state index contributed by atoms with van der Waals surface area (Å²) < 4.78 is 41.7. The van der Waals surface area contributed by atoms with Crippen LogP contribution in [0.5, 0.6) is 0 Å². The van der Waals surface area contributed by atoms with Gasteiger partial charge in [0.15, 0.2) is 10.9 Å². The summed E-state index contributed by atoms with van der Waals surface area (Å²) in [6, 6.07) is 6.54. The summed E-state index contributed by atoms with van der Waals surface area (Å²) in [4.78, 5) is 19.5. The van der Waals surface area contributed by atoms with E-state index in [9.17, 15) is 17.6 Å². The second-order valence-corrected chi connectivity index (χ2v) is 12.2. The fourth-order valence-electron chi connectivity index (χ4n) is 4.67. The standard InChI is InChI=1S/C25H29ClFN3O3S2/c1-16-15-34-25(28-16)29-35(32,33)21-9-5-18(6-10-21)19-7-12-23(24(31)14-19)30-13-3-4-20(30)8-11-22(27)17(2)26/h5-6,8-11,15,17,19,23H,3-4,7,12-14H2,1-2H3,(H,28,29)/b20-8+,22-11+/t17?,19?,23-/m0/s1. The first kappa shape index (κ1) is 25.9. The number of likely N-dealkylation sites (tertiary alicyclic amines) is 1. The molecule has 0 amide bonds. The van der Waals surface area contributed by atoms with Crippen molar-refractivity contribution < 1.29 is 17.6 Å². The molecule has 6 nitrogen and oxygen atoms in total. The zero-order chi connectivity index (χ0) is 25.2. The lowest BCUT2D eigenvalue weighted by atomic mass is 9.80. The van der Waals surface area contributed by atoms with Crippen LogP contribution in [0.1, 0.15) is 56.2 Å². The minimum atomic E-state index is -3.72. The molecule has 1 saturated heterocycles. The van der Waals surface area contributed by atoms with E-state index < -0.39 is 15.4 Å². The zero-order valence-corrected chi connectivity index (χ0v) is 22.1. The molecule has 1 aliphatic heterocycles. The summed E-state index contributed by atoms with van der Waals surface area (Å²) in [5, 5.41) is 1.44. The van der Waals surface area contributed by atoms with Crippen LogP contribution in [0.4, 0.5) is 9.52 Å². The molecule has 2 unspecified atom stereocenters. The molecule has 35 heavy (non-hydrogen) atoms. The van der Waals surface area contributed by atoms with E-state index in [4.69, 9.17) is 11.6 Å². The lowest BCUT2D eigenvalue weighted by Gasteiger charge is -2.35.